The van der Waals surface area contributed by atoms with Gasteiger partial charge in [0.2, 0.25) is 0 Å². The van der Waals surface area contributed by atoms with Gasteiger partial charge in [-0.2, -0.15) is 0 Å². The predicted molar refractivity (Wildman–Crippen MR) is 107 cm³/mol. The Morgan fingerprint density at radius 3 is 2.62 bits per heavy atom. The third-order valence-electron chi connectivity index (χ3n) is 3.72. The van der Waals surface area contributed by atoms with Gasteiger partial charge in [0, 0.05) is 11.6 Å². The lowest BCUT2D eigenvalue weighted by atomic mass is 10.1. The number of rotatable bonds is 8. The van der Waals surface area contributed by atoms with Gasteiger partial charge in [0.05, 0.1) is 17.0 Å². The van der Waals surface area contributed by atoms with Gasteiger partial charge in [-0.25, -0.2) is 22.6 Å². The first-order chi connectivity index (χ1) is 13.8. The van der Waals surface area contributed by atoms with E-state index in [0.29, 0.717) is 22.0 Å². The van der Waals surface area contributed by atoms with Crippen molar-refractivity contribution in [3.05, 3.63) is 81.6 Å². The van der Waals surface area contributed by atoms with Gasteiger partial charge < -0.3 is 9.47 Å². The van der Waals surface area contributed by atoms with E-state index in [1.807, 2.05) is 0 Å². The Morgan fingerprint density at radius 1 is 1.14 bits per heavy atom. The Balaban J connectivity index is 1.53. The van der Waals surface area contributed by atoms with Crippen LogP contribution in [-0.2, 0) is 33.5 Å². The first kappa shape index (κ1) is 20.9. The highest BCUT2D eigenvalue weighted by Crippen LogP contribution is 2.17. The third kappa shape index (κ3) is 6.65. The van der Waals surface area contributed by atoms with Crippen molar-refractivity contribution in [3.63, 3.8) is 0 Å². The summed E-state index contributed by atoms with van der Waals surface area (Å²) in [4.78, 5) is 16.6. The number of thiazole rings is 1. The molecule has 0 unspecified atom stereocenters. The van der Waals surface area contributed by atoms with Crippen LogP contribution in [0.5, 0.6) is 5.75 Å². The largest absolute Gasteiger partial charge is 0.486 e. The van der Waals surface area contributed by atoms with Crippen molar-refractivity contribution in [3.8, 4) is 5.75 Å². The molecule has 9 heteroatoms. The Labute approximate surface area is 171 Å². The average Bonchev–Trinajstić information content (AvgIpc) is 3.12. The van der Waals surface area contributed by atoms with Gasteiger partial charge in [-0.15, -0.1) is 11.3 Å². The molecule has 0 aliphatic heterocycles. The molecule has 0 fully saturated rings. The molecule has 0 atom stereocenters. The summed E-state index contributed by atoms with van der Waals surface area (Å²) in [5.74, 6) is -0.504. The second kappa shape index (κ2) is 9.15. The summed E-state index contributed by atoms with van der Waals surface area (Å²) >= 11 is 1.36. The summed E-state index contributed by atoms with van der Waals surface area (Å²) in [7, 11) is -3.19. The first-order valence-electron chi connectivity index (χ1n) is 8.54. The van der Waals surface area contributed by atoms with Crippen molar-refractivity contribution in [1.82, 2.24) is 4.98 Å². The summed E-state index contributed by atoms with van der Waals surface area (Å²) < 4.78 is 46.5. The molecule has 2 aromatic carbocycles. The van der Waals surface area contributed by atoms with E-state index in [-0.39, 0.29) is 30.3 Å². The lowest BCUT2D eigenvalue weighted by Crippen LogP contribution is -2.07. The van der Waals surface area contributed by atoms with Crippen LogP contribution in [0.3, 0.4) is 0 Å². The lowest BCUT2D eigenvalue weighted by Gasteiger charge is -2.05. The molecule has 0 bridgehead atoms. The van der Waals surface area contributed by atoms with E-state index in [4.69, 9.17) is 9.47 Å². The quantitative estimate of drug-likeness (QED) is 0.501. The number of carbonyl (C=O) groups is 1. The molecular weight excluding hydrogens is 417 g/mol. The summed E-state index contributed by atoms with van der Waals surface area (Å²) in [6.07, 6.45) is 1.14. The molecule has 6 nitrogen and oxygen atoms in total. The van der Waals surface area contributed by atoms with Gasteiger partial charge in [-0.3, -0.25) is 0 Å². The minimum Gasteiger partial charge on any atom is -0.486 e. The monoisotopic (exact) mass is 435 g/mol. The minimum atomic E-state index is -3.19. The van der Waals surface area contributed by atoms with E-state index in [0.717, 1.165) is 6.26 Å². The van der Waals surface area contributed by atoms with Crippen LogP contribution in [0, 0.1) is 5.82 Å². The second-order valence-corrected chi connectivity index (χ2v) is 9.40. The molecule has 1 aromatic heterocycles. The molecule has 0 amide bonds. The highest BCUT2D eigenvalue weighted by Gasteiger charge is 2.12. The number of halogens is 1. The van der Waals surface area contributed by atoms with Crippen LogP contribution >= 0.6 is 11.3 Å². The molecule has 0 radical (unpaired) electrons. The summed E-state index contributed by atoms with van der Waals surface area (Å²) in [6.45, 7) is 0.208. The lowest BCUT2D eigenvalue weighted by molar-refractivity contribution is 0.0468. The van der Waals surface area contributed by atoms with E-state index < -0.39 is 15.8 Å². The molecule has 3 aromatic rings. The third-order valence-corrected chi connectivity index (χ3v) is 5.45. The van der Waals surface area contributed by atoms with E-state index in [9.17, 15) is 17.6 Å². The number of hydrogen-bond acceptors (Lipinski definition) is 7. The summed E-state index contributed by atoms with van der Waals surface area (Å²) in [5.41, 5.74) is 1.38. The number of esters is 1. The highest BCUT2D eigenvalue weighted by molar-refractivity contribution is 7.89. The number of nitrogens with zero attached hydrogens (tertiary/aromatic N) is 1. The molecule has 1 heterocycles. The van der Waals surface area contributed by atoms with Crippen LogP contribution < -0.4 is 4.74 Å². The zero-order valence-electron chi connectivity index (χ0n) is 15.5. The van der Waals surface area contributed by atoms with Crippen LogP contribution in [0.25, 0.3) is 0 Å². The Morgan fingerprint density at radius 2 is 1.90 bits per heavy atom. The van der Waals surface area contributed by atoms with E-state index in [1.165, 1.54) is 41.7 Å². The van der Waals surface area contributed by atoms with Crippen molar-refractivity contribution in [2.24, 2.45) is 0 Å². The van der Waals surface area contributed by atoms with Crippen LogP contribution in [0.2, 0.25) is 0 Å². The fourth-order valence-electron chi connectivity index (χ4n) is 2.47. The molecule has 0 spiro atoms. The van der Waals surface area contributed by atoms with Crippen molar-refractivity contribution in [2.75, 3.05) is 6.26 Å². The van der Waals surface area contributed by atoms with Gasteiger partial charge in [0.1, 0.15) is 29.8 Å². The fraction of sp³-hybridized carbons (Fsp3) is 0.200. The van der Waals surface area contributed by atoms with E-state index >= 15 is 0 Å². The normalized spacial score (nSPS) is 11.2. The summed E-state index contributed by atoms with van der Waals surface area (Å²) in [6, 6.07) is 12.0. The number of hydrogen-bond donors (Lipinski definition) is 0. The number of sulfone groups is 1. The molecule has 0 saturated heterocycles. The van der Waals surface area contributed by atoms with Gasteiger partial charge in [0.25, 0.3) is 0 Å². The standard InChI is InChI=1S/C20H18FNO5S2/c1-29(24,25)13-14-3-2-4-15(9-14)20(23)27-10-17-12-28-19(22-17)11-26-18-7-5-16(21)6-8-18/h2-9,12H,10-11,13H2,1H3. The van der Waals surface area contributed by atoms with Crippen molar-refractivity contribution in [1.29, 1.82) is 0 Å². The molecule has 152 valence electrons. The number of ether oxygens (including phenoxy) is 2. The molecule has 0 saturated carbocycles. The number of aromatic nitrogens is 1. The number of carbonyl (C=O) groups excluding carboxylic acids is 1. The van der Waals surface area contributed by atoms with Crippen molar-refractivity contribution in [2.45, 2.75) is 19.0 Å². The Bertz CT molecular complexity index is 1090. The van der Waals surface area contributed by atoms with E-state index in [1.54, 1.807) is 23.6 Å². The maximum atomic E-state index is 12.9. The highest BCUT2D eigenvalue weighted by atomic mass is 32.2. The van der Waals surface area contributed by atoms with Crippen LogP contribution in [0.1, 0.15) is 26.6 Å². The fourth-order valence-corrected chi connectivity index (χ4v) is 3.95. The molecule has 0 aliphatic carbocycles. The Hall–Kier alpha value is -2.78. The molecule has 0 aliphatic rings. The predicted octanol–water partition coefficient (Wildman–Crippen LogP) is 3.76. The topological polar surface area (TPSA) is 82.6 Å². The van der Waals surface area contributed by atoms with Gasteiger partial charge in [-0.1, -0.05) is 12.1 Å². The first-order valence-corrected chi connectivity index (χ1v) is 11.5. The smallest absolute Gasteiger partial charge is 0.338 e. The molecule has 0 N–H and O–H groups in total. The maximum absolute atomic E-state index is 12.9. The molecule has 29 heavy (non-hydrogen) atoms. The maximum Gasteiger partial charge on any atom is 0.338 e. The van der Waals surface area contributed by atoms with Crippen LogP contribution in [-0.4, -0.2) is 25.6 Å². The average molecular weight is 435 g/mol. The minimum absolute atomic E-state index is 0.0117. The van der Waals surface area contributed by atoms with Gasteiger partial charge >= 0.3 is 5.97 Å². The van der Waals surface area contributed by atoms with Gasteiger partial charge in [-0.05, 0) is 42.0 Å². The second-order valence-electron chi connectivity index (χ2n) is 6.32. The van der Waals surface area contributed by atoms with Gasteiger partial charge in [0.15, 0.2) is 9.84 Å². The van der Waals surface area contributed by atoms with Crippen LogP contribution in [0.15, 0.2) is 53.9 Å². The Kier molecular flexibility index (Phi) is 6.60. The van der Waals surface area contributed by atoms with Crippen molar-refractivity contribution >= 4 is 27.1 Å². The molecule has 3 rings (SSSR count). The zero-order valence-corrected chi connectivity index (χ0v) is 17.1. The van der Waals surface area contributed by atoms with E-state index in [2.05, 4.69) is 4.98 Å². The van der Waals surface area contributed by atoms with Crippen molar-refractivity contribution < 1.29 is 27.1 Å². The summed E-state index contributed by atoms with van der Waals surface area (Å²) in [5, 5.41) is 2.45. The van der Waals surface area contributed by atoms with Crippen LogP contribution in [0.4, 0.5) is 4.39 Å². The number of benzene rings is 2. The zero-order chi connectivity index (χ0) is 20.9. The SMILES string of the molecule is CS(=O)(=O)Cc1cccc(C(=O)OCc2csc(COc3ccc(F)cc3)n2)c1. The molecular formula is C20H18FNO5S2.